The zero-order valence-corrected chi connectivity index (χ0v) is 13.3. The van der Waals surface area contributed by atoms with Crippen molar-refractivity contribution in [3.8, 4) is 12.3 Å². The van der Waals surface area contributed by atoms with Gasteiger partial charge in [0, 0.05) is 11.7 Å². The van der Waals surface area contributed by atoms with E-state index < -0.39 is 0 Å². The van der Waals surface area contributed by atoms with Gasteiger partial charge in [-0.2, -0.15) is 0 Å². The lowest BCUT2D eigenvalue weighted by atomic mass is 10.1. The number of halogens is 1. The van der Waals surface area contributed by atoms with Crippen molar-refractivity contribution >= 4 is 11.6 Å². The molecular formula is C20H19FN2O. The first-order valence-electron chi connectivity index (χ1n) is 7.98. The maximum atomic E-state index is 12.9. The number of carbonyl (C=O) groups is 1. The summed E-state index contributed by atoms with van der Waals surface area (Å²) in [6.07, 6.45) is 7.46. The van der Waals surface area contributed by atoms with E-state index >= 15 is 0 Å². The standard InChI is InChI=1S/C20H19FN2O/c1-2-13-23(19-12-7-15-5-3-4-6-18(15)19)14-20(24)22-17-10-8-16(21)9-11-17/h1,3-6,8-11,19H,7,12-14H2,(H,22,24)/t19-/m1/s1. The molecule has 1 N–H and O–H groups in total. The molecule has 0 saturated carbocycles. The second kappa shape index (κ2) is 7.29. The molecule has 0 saturated heterocycles. The Bertz CT molecular complexity index is 764. The summed E-state index contributed by atoms with van der Waals surface area (Å²) in [4.78, 5) is 14.4. The maximum Gasteiger partial charge on any atom is 0.238 e. The minimum Gasteiger partial charge on any atom is -0.325 e. The number of terminal acetylenes is 1. The van der Waals surface area contributed by atoms with E-state index in [1.165, 1.54) is 23.3 Å². The van der Waals surface area contributed by atoms with E-state index in [9.17, 15) is 9.18 Å². The van der Waals surface area contributed by atoms with Gasteiger partial charge in [-0.05, 0) is 48.2 Å². The number of fused-ring (bicyclic) bond motifs is 1. The molecule has 1 amide bonds. The fourth-order valence-electron chi connectivity index (χ4n) is 3.23. The number of benzene rings is 2. The van der Waals surface area contributed by atoms with Crippen molar-refractivity contribution < 1.29 is 9.18 Å². The third-order valence-electron chi connectivity index (χ3n) is 4.31. The Kier molecular flexibility index (Phi) is 4.93. The SMILES string of the molecule is C#CCN(CC(=O)Nc1ccc(F)cc1)[C@@H]1CCc2ccccc21. The predicted octanol–water partition coefficient (Wildman–Crippen LogP) is 3.39. The molecule has 1 atom stereocenters. The Morgan fingerprint density at radius 2 is 2.00 bits per heavy atom. The Morgan fingerprint density at radius 3 is 2.75 bits per heavy atom. The summed E-state index contributed by atoms with van der Waals surface area (Å²) in [6.45, 7) is 0.621. The monoisotopic (exact) mass is 322 g/mol. The lowest BCUT2D eigenvalue weighted by molar-refractivity contribution is -0.117. The maximum absolute atomic E-state index is 12.9. The first-order valence-corrected chi connectivity index (χ1v) is 7.98. The van der Waals surface area contributed by atoms with E-state index in [1.807, 2.05) is 17.0 Å². The van der Waals surface area contributed by atoms with Crippen LogP contribution < -0.4 is 5.32 Å². The fraction of sp³-hybridized carbons (Fsp3) is 0.250. The van der Waals surface area contributed by atoms with E-state index in [-0.39, 0.29) is 24.3 Å². The number of hydrogen-bond acceptors (Lipinski definition) is 2. The van der Waals surface area contributed by atoms with Crippen LogP contribution in [0.15, 0.2) is 48.5 Å². The highest BCUT2D eigenvalue weighted by Crippen LogP contribution is 2.35. The van der Waals surface area contributed by atoms with E-state index in [0.717, 1.165) is 12.8 Å². The first-order chi connectivity index (χ1) is 11.7. The molecule has 3 nitrogen and oxygen atoms in total. The van der Waals surface area contributed by atoms with Crippen LogP contribution in [-0.4, -0.2) is 23.9 Å². The summed E-state index contributed by atoms with van der Waals surface area (Å²) in [5.41, 5.74) is 3.15. The van der Waals surface area contributed by atoms with E-state index in [0.29, 0.717) is 12.2 Å². The summed E-state index contributed by atoms with van der Waals surface area (Å²) in [5.74, 6) is 2.17. The van der Waals surface area contributed by atoms with Gasteiger partial charge in [0.25, 0.3) is 0 Å². The van der Waals surface area contributed by atoms with Crippen LogP contribution in [0.4, 0.5) is 10.1 Å². The van der Waals surface area contributed by atoms with Gasteiger partial charge >= 0.3 is 0 Å². The number of carbonyl (C=O) groups excluding carboxylic acids is 1. The molecule has 0 fully saturated rings. The number of nitrogens with one attached hydrogen (secondary N) is 1. The second-order valence-electron chi connectivity index (χ2n) is 5.92. The van der Waals surface area contributed by atoms with E-state index in [4.69, 9.17) is 6.42 Å². The topological polar surface area (TPSA) is 32.3 Å². The van der Waals surface area contributed by atoms with Crippen molar-refractivity contribution in [3.05, 3.63) is 65.5 Å². The highest BCUT2D eigenvalue weighted by atomic mass is 19.1. The van der Waals surface area contributed by atoms with Gasteiger partial charge in [-0.25, -0.2) is 4.39 Å². The number of amides is 1. The van der Waals surface area contributed by atoms with Gasteiger partial charge in [-0.3, -0.25) is 9.69 Å². The van der Waals surface area contributed by atoms with Crippen LogP contribution in [0, 0.1) is 18.2 Å². The van der Waals surface area contributed by atoms with Crippen LogP contribution in [0.25, 0.3) is 0 Å². The van der Waals surface area contributed by atoms with Crippen LogP contribution in [0.3, 0.4) is 0 Å². The number of aryl methyl sites for hydroxylation is 1. The number of anilines is 1. The average molecular weight is 322 g/mol. The van der Waals surface area contributed by atoms with Gasteiger partial charge in [-0.15, -0.1) is 6.42 Å². The van der Waals surface area contributed by atoms with Crippen molar-refractivity contribution in [2.45, 2.75) is 18.9 Å². The molecule has 24 heavy (non-hydrogen) atoms. The molecule has 0 unspecified atom stereocenters. The third kappa shape index (κ3) is 3.64. The Hall–Kier alpha value is -2.64. The Morgan fingerprint density at radius 1 is 1.25 bits per heavy atom. The second-order valence-corrected chi connectivity index (χ2v) is 5.92. The largest absolute Gasteiger partial charge is 0.325 e. The quantitative estimate of drug-likeness (QED) is 0.856. The lowest BCUT2D eigenvalue weighted by Crippen LogP contribution is -2.36. The van der Waals surface area contributed by atoms with E-state index in [1.54, 1.807) is 12.1 Å². The van der Waals surface area contributed by atoms with Crippen molar-refractivity contribution in [1.29, 1.82) is 0 Å². The number of hydrogen-bond donors (Lipinski definition) is 1. The molecule has 0 bridgehead atoms. The number of rotatable bonds is 5. The summed E-state index contributed by atoms with van der Waals surface area (Å²) in [6, 6.07) is 14.2. The van der Waals surface area contributed by atoms with Crippen molar-refractivity contribution in [3.63, 3.8) is 0 Å². The van der Waals surface area contributed by atoms with Gasteiger partial charge in [0.1, 0.15) is 5.82 Å². The molecule has 0 aromatic heterocycles. The smallest absolute Gasteiger partial charge is 0.238 e. The normalized spacial score (nSPS) is 15.8. The molecule has 3 rings (SSSR count). The van der Waals surface area contributed by atoms with Gasteiger partial charge in [0.2, 0.25) is 5.91 Å². The minimum atomic E-state index is -0.329. The molecule has 0 spiro atoms. The highest BCUT2D eigenvalue weighted by Gasteiger charge is 2.28. The summed E-state index contributed by atoms with van der Waals surface area (Å²) < 4.78 is 12.9. The van der Waals surface area contributed by atoms with Gasteiger partial charge in [-0.1, -0.05) is 30.2 Å². The van der Waals surface area contributed by atoms with Crippen LogP contribution in [0.5, 0.6) is 0 Å². The molecule has 4 heteroatoms. The minimum absolute atomic E-state index is 0.152. The molecule has 2 aromatic carbocycles. The molecule has 2 aromatic rings. The van der Waals surface area contributed by atoms with E-state index in [2.05, 4.69) is 23.4 Å². The summed E-state index contributed by atoms with van der Waals surface area (Å²) in [5, 5.41) is 2.79. The molecule has 0 aliphatic heterocycles. The Balaban J connectivity index is 1.69. The molecule has 0 radical (unpaired) electrons. The van der Waals surface area contributed by atoms with Crippen LogP contribution in [0.2, 0.25) is 0 Å². The predicted molar refractivity (Wildman–Crippen MR) is 92.9 cm³/mol. The lowest BCUT2D eigenvalue weighted by Gasteiger charge is -2.27. The molecule has 1 aliphatic carbocycles. The van der Waals surface area contributed by atoms with Crippen LogP contribution in [0.1, 0.15) is 23.6 Å². The fourth-order valence-corrected chi connectivity index (χ4v) is 3.23. The molecule has 0 heterocycles. The zero-order valence-electron chi connectivity index (χ0n) is 13.3. The van der Waals surface area contributed by atoms with Crippen molar-refractivity contribution in [2.75, 3.05) is 18.4 Å². The van der Waals surface area contributed by atoms with Crippen molar-refractivity contribution in [2.24, 2.45) is 0 Å². The van der Waals surface area contributed by atoms with Crippen molar-refractivity contribution in [1.82, 2.24) is 4.90 Å². The Labute approximate surface area is 141 Å². The zero-order chi connectivity index (χ0) is 16.9. The third-order valence-corrected chi connectivity index (χ3v) is 4.31. The average Bonchev–Trinajstić information content (AvgIpc) is 3.00. The molecular weight excluding hydrogens is 303 g/mol. The molecule has 1 aliphatic rings. The number of nitrogens with zero attached hydrogens (tertiary/aromatic N) is 1. The van der Waals surface area contributed by atoms with Gasteiger partial charge in [0.05, 0.1) is 13.1 Å². The summed E-state index contributed by atoms with van der Waals surface area (Å²) in [7, 11) is 0. The van der Waals surface area contributed by atoms with Gasteiger partial charge in [0.15, 0.2) is 0 Å². The highest BCUT2D eigenvalue weighted by molar-refractivity contribution is 5.92. The first kappa shape index (κ1) is 16.2. The van der Waals surface area contributed by atoms with Gasteiger partial charge < -0.3 is 5.32 Å². The summed E-state index contributed by atoms with van der Waals surface area (Å²) >= 11 is 0. The van der Waals surface area contributed by atoms with Crippen LogP contribution >= 0.6 is 0 Å². The van der Waals surface area contributed by atoms with Crippen LogP contribution in [-0.2, 0) is 11.2 Å². The molecule has 122 valence electrons.